The summed E-state index contributed by atoms with van der Waals surface area (Å²) in [5, 5.41) is 12.0. The second-order valence-electron chi connectivity index (χ2n) is 8.56. The molecule has 2 heterocycles. The van der Waals surface area contributed by atoms with Crippen LogP contribution in [-0.2, 0) is 4.79 Å². The highest BCUT2D eigenvalue weighted by molar-refractivity contribution is 6.00. The fraction of sp³-hybridized carbons (Fsp3) is 0.560. The van der Waals surface area contributed by atoms with Crippen molar-refractivity contribution in [2.45, 2.75) is 51.9 Å². The minimum absolute atomic E-state index is 0.0157. The van der Waals surface area contributed by atoms with E-state index in [1.807, 2.05) is 24.3 Å². The van der Waals surface area contributed by atoms with Gasteiger partial charge in [-0.3, -0.25) is 4.79 Å². The molecule has 31 heavy (non-hydrogen) atoms. The van der Waals surface area contributed by atoms with E-state index in [9.17, 15) is 4.79 Å². The lowest BCUT2D eigenvalue weighted by molar-refractivity contribution is -0.117. The number of amides is 1. The van der Waals surface area contributed by atoms with Gasteiger partial charge in [-0.1, -0.05) is 38.7 Å². The van der Waals surface area contributed by atoms with Crippen LogP contribution in [0.25, 0.3) is 10.9 Å². The summed E-state index contributed by atoms with van der Waals surface area (Å²) >= 11 is 0. The van der Waals surface area contributed by atoms with E-state index in [0.717, 1.165) is 42.7 Å². The molecule has 0 aliphatic carbocycles. The Morgan fingerprint density at radius 2 is 2.16 bits per heavy atom. The van der Waals surface area contributed by atoms with Crippen LogP contribution < -0.4 is 10.1 Å². The molecule has 1 amide bonds. The Balaban J connectivity index is 1.55. The summed E-state index contributed by atoms with van der Waals surface area (Å²) in [4.78, 5) is 15.4. The van der Waals surface area contributed by atoms with E-state index < -0.39 is 0 Å². The lowest BCUT2D eigenvalue weighted by Crippen LogP contribution is -2.41. The molecule has 1 N–H and O–H groups in total. The van der Waals surface area contributed by atoms with Crippen LogP contribution in [0, 0.1) is 11.8 Å². The van der Waals surface area contributed by atoms with Crippen molar-refractivity contribution in [3.05, 3.63) is 37.1 Å². The summed E-state index contributed by atoms with van der Waals surface area (Å²) in [5.74, 6) is 1.42. The number of fused-ring (bicyclic) bond motifs is 1. The highest BCUT2D eigenvalue weighted by Gasteiger charge is 2.28. The number of likely N-dealkylation sites (tertiary alicyclic amines) is 1. The molecule has 0 spiro atoms. The summed E-state index contributed by atoms with van der Waals surface area (Å²) in [6.07, 6.45) is 11.7. The number of rotatable bonds is 11. The maximum Gasteiger partial charge on any atom is 0.224 e. The number of aromatic nitrogens is 2. The number of nitrogens with zero attached hydrogens (tertiary/aromatic N) is 3. The maximum absolute atomic E-state index is 12.9. The molecular weight excluding hydrogens is 388 g/mol. The molecule has 0 bridgehead atoms. The van der Waals surface area contributed by atoms with Gasteiger partial charge >= 0.3 is 0 Å². The first-order valence-corrected chi connectivity index (χ1v) is 11.6. The molecule has 6 heteroatoms. The van der Waals surface area contributed by atoms with Crippen LogP contribution >= 0.6 is 0 Å². The number of hydrogen-bond donors (Lipinski definition) is 1. The second kappa shape index (κ2) is 11.8. The lowest BCUT2D eigenvalue weighted by atomic mass is 9.83. The van der Waals surface area contributed by atoms with Crippen LogP contribution in [0.15, 0.2) is 37.1 Å². The predicted molar refractivity (Wildman–Crippen MR) is 126 cm³/mol. The zero-order valence-electron chi connectivity index (χ0n) is 19.0. The molecule has 6 nitrogen and oxygen atoms in total. The highest BCUT2D eigenvalue weighted by atomic mass is 16.5. The monoisotopic (exact) mass is 424 g/mol. The molecule has 0 unspecified atom stereocenters. The molecular formula is C25H36N4O2. The molecule has 1 aliphatic rings. The number of anilines is 1. The third kappa shape index (κ3) is 6.50. The standard InChI is InChI=1S/C25H36N4O2/c1-4-6-7-8-9-13-29-14-12-20(19(5-2)18-29)15-25(30)27-24-17-26-28-23-11-10-21(31-3)16-22(23)24/h5,10-11,16-17,19-20H,2,4,6-9,12-15,18H2,1,3H3,(H,27,28,30)/t19-,20-/m0/s1. The van der Waals surface area contributed by atoms with Crippen LogP contribution in [0.2, 0.25) is 0 Å². The first kappa shape index (κ1) is 23.2. The fourth-order valence-electron chi connectivity index (χ4n) is 4.47. The summed E-state index contributed by atoms with van der Waals surface area (Å²) in [6, 6.07) is 5.57. The number of ether oxygens (including phenoxy) is 1. The number of nitrogens with one attached hydrogen (secondary N) is 1. The molecule has 3 rings (SSSR count). The van der Waals surface area contributed by atoms with Crippen LogP contribution in [0.3, 0.4) is 0 Å². The lowest BCUT2D eigenvalue weighted by Gasteiger charge is -2.37. The maximum atomic E-state index is 12.9. The second-order valence-corrected chi connectivity index (χ2v) is 8.56. The first-order valence-electron chi connectivity index (χ1n) is 11.6. The quantitative estimate of drug-likeness (QED) is 0.403. The van der Waals surface area contributed by atoms with Crippen molar-refractivity contribution in [1.82, 2.24) is 15.1 Å². The van der Waals surface area contributed by atoms with Gasteiger partial charge in [0.25, 0.3) is 0 Å². The van der Waals surface area contributed by atoms with Crippen molar-refractivity contribution < 1.29 is 9.53 Å². The Bertz CT molecular complexity index is 870. The molecule has 1 aromatic heterocycles. The van der Waals surface area contributed by atoms with Crippen molar-refractivity contribution in [2.75, 3.05) is 32.1 Å². The third-order valence-corrected chi connectivity index (χ3v) is 6.34. The van der Waals surface area contributed by atoms with Crippen molar-refractivity contribution >= 4 is 22.5 Å². The van der Waals surface area contributed by atoms with Gasteiger partial charge in [-0.2, -0.15) is 10.2 Å². The van der Waals surface area contributed by atoms with Gasteiger partial charge in [-0.05, 0) is 56.0 Å². The van der Waals surface area contributed by atoms with Crippen LogP contribution in [-0.4, -0.2) is 47.7 Å². The fourth-order valence-corrected chi connectivity index (χ4v) is 4.47. The molecule has 2 atom stereocenters. The van der Waals surface area contributed by atoms with Crippen molar-refractivity contribution in [1.29, 1.82) is 0 Å². The van der Waals surface area contributed by atoms with Crippen molar-refractivity contribution in [3.8, 4) is 5.75 Å². The number of methoxy groups -OCH3 is 1. The Morgan fingerprint density at radius 3 is 2.94 bits per heavy atom. The number of unbranched alkanes of at least 4 members (excludes halogenated alkanes) is 4. The SMILES string of the molecule is C=C[C@H]1CN(CCCCCCC)CC[C@H]1CC(=O)Nc1cnnc2ccc(OC)cc12. The Labute approximate surface area is 186 Å². The molecule has 0 saturated carbocycles. The third-order valence-electron chi connectivity index (χ3n) is 6.34. The van der Waals surface area contributed by atoms with E-state index in [-0.39, 0.29) is 5.91 Å². The van der Waals surface area contributed by atoms with Crippen molar-refractivity contribution in [2.24, 2.45) is 11.8 Å². The first-order chi connectivity index (χ1) is 15.1. The molecule has 1 fully saturated rings. The van der Waals surface area contributed by atoms with E-state index in [1.165, 1.54) is 32.1 Å². The zero-order valence-corrected chi connectivity index (χ0v) is 19.0. The molecule has 1 saturated heterocycles. The zero-order chi connectivity index (χ0) is 22.1. The summed E-state index contributed by atoms with van der Waals surface area (Å²) in [6.45, 7) is 9.53. The largest absolute Gasteiger partial charge is 0.497 e. The van der Waals surface area contributed by atoms with Gasteiger partial charge in [-0.15, -0.1) is 6.58 Å². The normalized spacial score (nSPS) is 19.3. The highest BCUT2D eigenvalue weighted by Crippen LogP contribution is 2.29. The molecule has 0 radical (unpaired) electrons. The Hall–Kier alpha value is -2.47. The van der Waals surface area contributed by atoms with Gasteiger partial charge in [0.15, 0.2) is 0 Å². The average molecular weight is 425 g/mol. The minimum Gasteiger partial charge on any atom is -0.497 e. The van der Waals surface area contributed by atoms with Gasteiger partial charge in [-0.25, -0.2) is 0 Å². The van der Waals surface area contributed by atoms with Crippen LogP contribution in [0.4, 0.5) is 5.69 Å². The van der Waals surface area contributed by atoms with Crippen LogP contribution in [0.5, 0.6) is 5.75 Å². The predicted octanol–water partition coefficient (Wildman–Crippen LogP) is 5.06. The van der Waals surface area contributed by atoms with E-state index >= 15 is 0 Å². The van der Waals surface area contributed by atoms with Gasteiger partial charge in [0.1, 0.15) is 5.75 Å². The topological polar surface area (TPSA) is 67.4 Å². The summed E-state index contributed by atoms with van der Waals surface area (Å²) in [5.41, 5.74) is 1.41. The van der Waals surface area contributed by atoms with Crippen LogP contribution in [0.1, 0.15) is 51.9 Å². The Kier molecular flexibility index (Phi) is 8.83. The summed E-state index contributed by atoms with van der Waals surface area (Å²) < 4.78 is 5.31. The average Bonchev–Trinajstić information content (AvgIpc) is 2.79. The molecule has 1 aliphatic heterocycles. The molecule has 168 valence electrons. The number of hydrogen-bond acceptors (Lipinski definition) is 5. The summed E-state index contributed by atoms with van der Waals surface area (Å²) in [7, 11) is 1.63. The Morgan fingerprint density at radius 1 is 1.32 bits per heavy atom. The van der Waals surface area contributed by atoms with Gasteiger partial charge < -0.3 is 15.0 Å². The molecule has 1 aromatic carbocycles. The van der Waals surface area contributed by atoms with E-state index in [0.29, 0.717) is 23.9 Å². The van der Waals surface area contributed by atoms with Gasteiger partial charge in [0.2, 0.25) is 5.91 Å². The minimum atomic E-state index is 0.0157. The number of carbonyl (C=O) groups is 1. The smallest absolute Gasteiger partial charge is 0.224 e. The number of carbonyl (C=O) groups excluding carboxylic acids is 1. The van der Waals surface area contributed by atoms with Gasteiger partial charge in [0.05, 0.1) is 24.5 Å². The van der Waals surface area contributed by atoms with Gasteiger partial charge in [0, 0.05) is 18.4 Å². The number of piperidine rings is 1. The van der Waals surface area contributed by atoms with E-state index in [2.05, 4.69) is 33.9 Å². The van der Waals surface area contributed by atoms with Crippen molar-refractivity contribution in [3.63, 3.8) is 0 Å². The number of benzene rings is 1. The molecule has 2 aromatic rings. The van der Waals surface area contributed by atoms with E-state index in [4.69, 9.17) is 4.74 Å². The van der Waals surface area contributed by atoms with E-state index in [1.54, 1.807) is 13.3 Å².